The summed E-state index contributed by atoms with van der Waals surface area (Å²) in [5.74, 6) is -0.395. The molecule has 1 heterocycles. The van der Waals surface area contributed by atoms with Crippen LogP contribution in [0.4, 0.5) is 5.69 Å². The summed E-state index contributed by atoms with van der Waals surface area (Å²) in [6.45, 7) is 4.33. The maximum Gasteiger partial charge on any atom is 0.247 e. The molecule has 0 unspecified atom stereocenters. The predicted octanol–water partition coefficient (Wildman–Crippen LogP) is 1.52. The highest BCUT2D eigenvalue weighted by Gasteiger charge is 2.05. The molecule has 8 heteroatoms. The maximum absolute atomic E-state index is 11.9. The number of nitrogens with one attached hydrogen (secondary N) is 2. The first-order valence-electron chi connectivity index (χ1n) is 6.91. The monoisotopic (exact) mass is 377 g/mol. The van der Waals surface area contributed by atoms with Crippen molar-refractivity contribution in [3.63, 3.8) is 0 Å². The molecule has 0 fully saturated rings. The summed E-state index contributed by atoms with van der Waals surface area (Å²) < 4.78 is 0.655. The number of carbonyl (C=O) groups excluding carboxylic acids is 2. The van der Waals surface area contributed by atoms with Crippen molar-refractivity contribution in [3.8, 4) is 0 Å². The summed E-state index contributed by atoms with van der Waals surface area (Å²) in [6, 6.07) is 7.12. The highest BCUT2D eigenvalue weighted by molar-refractivity contribution is 9.10. The Morgan fingerprint density at radius 2 is 2.22 bits per heavy atom. The number of nitrogens with zero attached hydrogens (tertiary/aromatic N) is 3. The molecule has 0 atom stereocenters. The molecule has 2 aromatic rings. The van der Waals surface area contributed by atoms with Gasteiger partial charge in [0.15, 0.2) is 0 Å². The topological polar surface area (TPSA) is 88.9 Å². The SMILES string of the molecule is C=CC(=O)Nc1cccc(CC(=O)NCCn2ncc(Br)n2)c1. The first kappa shape index (κ1) is 16.9. The first-order valence-corrected chi connectivity index (χ1v) is 7.71. The molecule has 0 saturated carbocycles. The molecule has 0 saturated heterocycles. The van der Waals surface area contributed by atoms with Gasteiger partial charge >= 0.3 is 0 Å². The van der Waals surface area contributed by atoms with Gasteiger partial charge in [-0.3, -0.25) is 9.59 Å². The number of hydrogen-bond acceptors (Lipinski definition) is 4. The predicted molar refractivity (Wildman–Crippen MR) is 89.7 cm³/mol. The van der Waals surface area contributed by atoms with Crippen LogP contribution in [0, 0.1) is 0 Å². The Kier molecular flexibility index (Phi) is 6.04. The second-order valence-electron chi connectivity index (χ2n) is 4.68. The van der Waals surface area contributed by atoms with E-state index < -0.39 is 0 Å². The van der Waals surface area contributed by atoms with Gasteiger partial charge in [0.1, 0.15) is 4.60 Å². The summed E-state index contributed by atoms with van der Waals surface area (Å²) >= 11 is 3.21. The molecule has 0 spiro atoms. The Hall–Kier alpha value is -2.48. The summed E-state index contributed by atoms with van der Waals surface area (Å²) in [6.07, 6.45) is 3.01. The Balaban J connectivity index is 1.81. The van der Waals surface area contributed by atoms with E-state index in [1.807, 2.05) is 6.07 Å². The van der Waals surface area contributed by atoms with Crippen molar-refractivity contribution in [1.29, 1.82) is 0 Å². The van der Waals surface area contributed by atoms with Gasteiger partial charge in [-0.2, -0.15) is 9.90 Å². The van der Waals surface area contributed by atoms with Gasteiger partial charge in [-0.1, -0.05) is 18.7 Å². The molecule has 0 bridgehead atoms. The Labute approximate surface area is 141 Å². The van der Waals surface area contributed by atoms with E-state index in [4.69, 9.17) is 0 Å². The molecular formula is C15H16BrN5O2. The minimum atomic E-state index is -0.288. The lowest BCUT2D eigenvalue weighted by atomic mass is 10.1. The van der Waals surface area contributed by atoms with E-state index in [2.05, 4.69) is 43.3 Å². The van der Waals surface area contributed by atoms with Crippen LogP contribution in [-0.2, 0) is 22.6 Å². The molecule has 0 aliphatic carbocycles. The zero-order valence-electron chi connectivity index (χ0n) is 12.3. The van der Waals surface area contributed by atoms with Gasteiger partial charge in [0, 0.05) is 12.2 Å². The lowest BCUT2D eigenvalue weighted by Gasteiger charge is -2.07. The van der Waals surface area contributed by atoms with Gasteiger partial charge in [0.25, 0.3) is 0 Å². The minimum Gasteiger partial charge on any atom is -0.354 e. The molecule has 120 valence electrons. The number of rotatable bonds is 7. The number of hydrogen-bond donors (Lipinski definition) is 2. The zero-order chi connectivity index (χ0) is 16.7. The van der Waals surface area contributed by atoms with Gasteiger partial charge in [-0.25, -0.2) is 0 Å². The van der Waals surface area contributed by atoms with Crippen molar-refractivity contribution < 1.29 is 9.59 Å². The van der Waals surface area contributed by atoms with E-state index in [0.717, 1.165) is 5.56 Å². The lowest BCUT2D eigenvalue weighted by molar-refractivity contribution is -0.120. The third-order valence-corrected chi connectivity index (χ3v) is 3.25. The number of carbonyl (C=O) groups is 2. The van der Waals surface area contributed by atoms with E-state index in [1.165, 1.54) is 10.9 Å². The average molecular weight is 378 g/mol. The van der Waals surface area contributed by atoms with Crippen LogP contribution in [0.5, 0.6) is 0 Å². The standard InChI is InChI=1S/C15H16BrN5O2/c1-2-14(22)19-12-5-3-4-11(8-12)9-15(23)17-6-7-21-18-10-13(16)20-21/h2-5,8,10H,1,6-7,9H2,(H,17,23)(H,19,22). The second-order valence-corrected chi connectivity index (χ2v) is 5.50. The molecule has 2 amide bonds. The summed E-state index contributed by atoms with van der Waals surface area (Å²) in [5, 5.41) is 13.5. The zero-order valence-corrected chi connectivity index (χ0v) is 13.9. The molecule has 7 nitrogen and oxygen atoms in total. The second kappa shape index (κ2) is 8.23. The normalized spacial score (nSPS) is 10.1. The third-order valence-electron chi connectivity index (χ3n) is 2.89. The van der Waals surface area contributed by atoms with Crippen molar-refractivity contribution in [1.82, 2.24) is 20.3 Å². The fraction of sp³-hybridized carbons (Fsp3) is 0.200. The van der Waals surface area contributed by atoms with Crippen LogP contribution >= 0.6 is 15.9 Å². The molecule has 1 aromatic carbocycles. The van der Waals surface area contributed by atoms with Crippen molar-refractivity contribution in [2.75, 3.05) is 11.9 Å². The van der Waals surface area contributed by atoms with Crippen molar-refractivity contribution in [3.05, 3.63) is 53.3 Å². The van der Waals surface area contributed by atoms with Crippen molar-refractivity contribution in [2.45, 2.75) is 13.0 Å². The van der Waals surface area contributed by atoms with Crippen LogP contribution in [0.3, 0.4) is 0 Å². The third kappa shape index (κ3) is 5.67. The van der Waals surface area contributed by atoms with Crippen molar-refractivity contribution >= 4 is 33.4 Å². The Morgan fingerprint density at radius 3 is 2.91 bits per heavy atom. The van der Waals surface area contributed by atoms with Gasteiger partial charge in [0.2, 0.25) is 11.8 Å². The summed E-state index contributed by atoms with van der Waals surface area (Å²) in [4.78, 5) is 24.7. The number of anilines is 1. The van der Waals surface area contributed by atoms with E-state index in [0.29, 0.717) is 23.4 Å². The van der Waals surface area contributed by atoms with E-state index in [9.17, 15) is 9.59 Å². The molecule has 2 N–H and O–H groups in total. The lowest BCUT2D eigenvalue weighted by Crippen LogP contribution is -2.29. The maximum atomic E-state index is 11.9. The largest absolute Gasteiger partial charge is 0.354 e. The van der Waals surface area contributed by atoms with Crippen LogP contribution in [-0.4, -0.2) is 33.4 Å². The fourth-order valence-electron chi connectivity index (χ4n) is 1.88. The number of halogens is 1. The number of aromatic nitrogens is 3. The summed E-state index contributed by atoms with van der Waals surface area (Å²) in [5.41, 5.74) is 1.44. The van der Waals surface area contributed by atoms with E-state index >= 15 is 0 Å². The Morgan fingerprint density at radius 1 is 1.39 bits per heavy atom. The summed E-state index contributed by atoms with van der Waals surface area (Å²) in [7, 11) is 0. The smallest absolute Gasteiger partial charge is 0.247 e. The van der Waals surface area contributed by atoms with Crippen molar-refractivity contribution in [2.24, 2.45) is 0 Å². The molecule has 1 aromatic heterocycles. The van der Waals surface area contributed by atoms with Crippen LogP contribution < -0.4 is 10.6 Å². The van der Waals surface area contributed by atoms with Gasteiger partial charge in [-0.05, 0) is 39.7 Å². The number of amides is 2. The van der Waals surface area contributed by atoms with Crippen LogP contribution in [0.25, 0.3) is 0 Å². The number of benzene rings is 1. The van der Waals surface area contributed by atoms with Crippen LogP contribution in [0.1, 0.15) is 5.56 Å². The minimum absolute atomic E-state index is 0.108. The molecular weight excluding hydrogens is 362 g/mol. The highest BCUT2D eigenvalue weighted by Crippen LogP contribution is 2.11. The quantitative estimate of drug-likeness (QED) is 0.716. The van der Waals surface area contributed by atoms with Gasteiger partial charge in [-0.15, -0.1) is 5.10 Å². The average Bonchev–Trinajstić information content (AvgIpc) is 2.93. The van der Waals surface area contributed by atoms with E-state index in [-0.39, 0.29) is 18.2 Å². The first-order chi connectivity index (χ1) is 11.1. The van der Waals surface area contributed by atoms with Crippen LogP contribution in [0.2, 0.25) is 0 Å². The molecule has 0 aliphatic heterocycles. The van der Waals surface area contributed by atoms with Gasteiger partial charge in [0.05, 0.1) is 19.2 Å². The highest BCUT2D eigenvalue weighted by atomic mass is 79.9. The molecule has 23 heavy (non-hydrogen) atoms. The molecule has 0 radical (unpaired) electrons. The Bertz CT molecular complexity index is 713. The van der Waals surface area contributed by atoms with Crippen LogP contribution in [0.15, 0.2) is 47.7 Å². The molecule has 0 aliphatic rings. The fourth-order valence-corrected chi connectivity index (χ4v) is 2.15. The van der Waals surface area contributed by atoms with Gasteiger partial charge < -0.3 is 10.6 Å². The van der Waals surface area contributed by atoms with E-state index in [1.54, 1.807) is 24.4 Å². The molecule has 2 rings (SSSR count).